The van der Waals surface area contributed by atoms with Gasteiger partial charge in [-0.1, -0.05) is 0 Å². The van der Waals surface area contributed by atoms with Crippen LogP contribution in [0.25, 0.3) is 0 Å². The van der Waals surface area contributed by atoms with Gasteiger partial charge in [-0.3, -0.25) is 29.4 Å². The van der Waals surface area contributed by atoms with E-state index >= 15 is 0 Å². The van der Waals surface area contributed by atoms with Gasteiger partial charge in [0.25, 0.3) is 0 Å². The lowest BCUT2D eigenvalue weighted by molar-refractivity contribution is -0.0993. The summed E-state index contributed by atoms with van der Waals surface area (Å²) in [7, 11) is 0. The average molecular weight is 661 g/mol. The molecule has 5 rings (SSSR count). The first-order valence-electron chi connectivity index (χ1n) is 19.3. The Labute approximate surface area is 290 Å². The van der Waals surface area contributed by atoms with Crippen LogP contribution in [-0.2, 0) is 9.47 Å². The van der Waals surface area contributed by atoms with E-state index in [2.05, 4.69) is 126 Å². The fourth-order valence-electron chi connectivity index (χ4n) is 10.3. The van der Waals surface area contributed by atoms with Crippen molar-refractivity contribution in [2.24, 2.45) is 0 Å². The molecule has 5 heterocycles. The molecule has 0 aromatic rings. The third-order valence-corrected chi connectivity index (χ3v) is 13.2. The van der Waals surface area contributed by atoms with E-state index < -0.39 is 0 Å². The molecule has 0 radical (unpaired) electrons. The SMILES string of the molecule is CC(C)(C)OCCN1CCN(CCOC(C)(C)CC(C)(C)N2C[C@H]3C[C@@H]2CN3C(C)(C)C(C)(C)N2C[C@@H]3C[C@H]2CN3C(C)(C)C)CC1. The summed E-state index contributed by atoms with van der Waals surface area (Å²) >= 11 is 0. The Bertz CT molecular complexity index is 1050. The second-order valence-electron chi connectivity index (χ2n) is 20.2. The van der Waals surface area contributed by atoms with Gasteiger partial charge in [0, 0.05) is 112 Å². The quantitative estimate of drug-likeness (QED) is 0.265. The normalized spacial score (nSPS) is 30.0. The molecule has 0 amide bonds. The van der Waals surface area contributed by atoms with E-state index in [1.165, 1.54) is 39.0 Å². The Morgan fingerprint density at radius 3 is 1.26 bits per heavy atom. The molecule has 274 valence electrons. The Kier molecular flexibility index (Phi) is 10.8. The number of hydrogen-bond donors (Lipinski definition) is 0. The molecule has 5 fully saturated rings. The van der Waals surface area contributed by atoms with Crippen LogP contribution in [0, 0.1) is 0 Å². The predicted octanol–water partition coefficient (Wildman–Crippen LogP) is 5.26. The molecule has 0 spiro atoms. The molecule has 47 heavy (non-hydrogen) atoms. The van der Waals surface area contributed by atoms with Crippen LogP contribution in [0.4, 0.5) is 0 Å². The molecular formula is C39H76N6O2. The highest BCUT2D eigenvalue weighted by Gasteiger charge is 2.60. The Morgan fingerprint density at radius 1 is 0.489 bits per heavy atom. The Morgan fingerprint density at radius 2 is 0.872 bits per heavy atom. The molecule has 0 aromatic carbocycles. The fourth-order valence-corrected chi connectivity index (χ4v) is 10.3. The zero-order chi connectivity index (χ0) is 34.8. The third-order valence-electron chi connectivity index (χ3n) is 13.2. The lowest BCUT2D eigenvalue weighted by Crippen LogP contribution is -2.71. The second-order valence-corrected chi connectivity index (χ2v) is 20.2. The van der Waals surface area contributed by atoms with Crippen molar-refractivity contribution >= 4 is 0 Å². The topological polar surface area (TPSA) is 37.9 Å². The van der Waals surface area contributed by atoms with Gasteiger partial charge in [0.2, 0.25) is 0 Å². The summed E-state index contributed by atoms with van der Waals surface area (Å²) in [6, 6.07) is 2.68. The van der Waals surface area contributed by atoms with E-state index in [0.29, 0.717) is 24.2 Å². The van der Waals surface area contributed by atoms with Crippen LogP contribution in [0.1, 0.15) is 116 Å². The van der Waals surface area contributed by atoms with Crippen LogP contribution < -0.4 is 0 Å². The van der Waals surface area contributed by atoms with E-state index in [9.17, 15) is 0 Å². The van der Waals surface area contributed by atoms with Crippen molar-refractivity contribution in [2.45, 2.75) is 174 Å². The van der Waals surface area contributed by atoms with Crippen molar-refractivity contribution in [1.82, 2.24) is 29.4 Å². The van der Waals surface area contributed by atoms with Gasteiger partial charge in [0.1, 0.15) is 0 Å². The van der Waals surface area contributed by atoms with Crippen LogP contribution in [0.5, 0.6) is 0 Å². The van der Waals surface area contributed by atoms with Crippen LogP contribution >= 0.6 is 0 Å². The van der Waals surface area contributed by atoms with Crippen molar-refractivity contribution in [1.29, 1.82) is 0 Å². The van der Waals surface area contributed by atoms with E-state index in [0.717, 1.165) is 58.9 Å². The summed E-state index contributed by atoms with van der Waals surface area (Å²) in [5.41, 5.74) is 0.436. The smallest absolute Gasteiger partial charge is 0.0644 e. The Balaban J connectivity index is 1.07. The highest BCUT2D eigenvalue weighted by atomic mass is 16.5. The summed E-state index contributed by atoms with van der Waals surface area (Å²) in [5, 5.41) is 0. The maximum Gasteiger partial charge on any atom is 0.0644 e. The standard InChI is InChI=1S/C39H76N6O2/c1-34(2,3)42-25-32-23-30(42)27-44(32)38(11,12)39(13,14)45-28-31-24-33(45)26-43(31)36(7,8)29-37(9,10)47-22-20-41-17-15-40(16-18-41)19-21-46-35(4,5)6/h30-33H,15-29H2,1-14H3/t30-,31+,32-,33+/m0/s1. The molecular weight excluding hydrogens is 584 g/mol. The fraction of sp³-hybridized carbons (Fsp3) is 1.00. The number of hydrogen-bond acceptors (Lipinski definition) is 8. The van der Waals surface area contributed by atoms with Gasteiger partial charge >= 0.3 is 0 Å². The third kappa shape index (κ3) is 8.27. The van der Waals surface area contributed by atoms with Gasteiger partial charge in [-0.05, 0) is 116 Å². The second kappa shape index (κ2) is 13.3. The summed E-state index contributed by atoms with van der Waals surface area (Å²) in [6.07, 6.45) is 3.70. The first-order chi connectivity index (χ1) is 21.5. The molecule has 5 aliphatic rings. The number of nitrogens with zero attached hydrogens (tertiary/aromatic N) is 6. The lowest BCUT2D eigenvalue weighted by atomic mass is 9.78. The molecule has 4 bridgehead atoms. The summed E-state index contributed by atoms with van der Waals surface area (Å²) in [4.78, 5) is 16.6. The van der Waals surface area contributed by atoms with E-state index in [-0.39, 0.29) is 33.4 Å². The van der Waals surface area contributed by atoms with E-state index in [4.69, 9.17) is 9.47 Å². The molecule has 0 saturated carbocycles. The largest absolute Gasteiger partial charge is 0.375 e. The van der Waals surface area contributed by atoms with Crippen LogP contribution in [0.15, 0.2) is 0 Å². The highest BCUT2D eigenvalue weighted by Crippen LogP contribution is 2.48. The van der Waals surface area contributed by atoms with Crippen LogP contribution in [-0.4, -0.2) is 166 Å². The molecule has 0 aromatic heterocycles. The molecule has 5 aliphatic heterocycles. The molecule has 5 saturated heterocycles. The van der Waals surface area contributed by atoms with Crippen molar-refractivity contribution < 1.29 is 9.47 Å². The van der Waals surface area contributed by atoms with E-state index in [1.54, 1.807) is 0 Å². The maximum absolute atomic E-state index is 6.65. The van der Waals surface area contributed by atoms with E-state index in [1.807, 2.05) is 0 Å². The number of likely N-dealkylation sites (tertiary alicyclic amines) is 4. The van der Waals surface area contributed by atoms with Crippen molar-refractivity contribution in [3.8, 4) is 0 Å². The molecule has 0 aliphatic carbocycles. The van der Waals surface area contributed by atoms with Crippen molar-refractivity contribution in [2.75, 3.05) is 78.7 Å². The molecule has 8 heteroatoms. The number of rotatable bonds is 13. The predicted molar refractivity (Wildman–Crippen MR) is 196 cm³/mol. The Hall–Kier alpha value is -0.320. The summed E-state index contributed by atoms with van der Waals surface area (Å²) < 4.78 is 12.6. The minimum Gasteiger partial charge on any atom is -0.375 e. The molecule has 8 nitrogen and oxygen atoms in total. The van der Waals surface area contributed by atoms with Gasteiger partial charge in [-0.15, -0.1) is 0 Å². The maximum atomic E-state index is 6.65. The number of fused-ring (bicyclic) bond motifs is 4. The minimum absolute atomic E-state index is 0.0497. The minimum atomic E-state index is -0.144. The monoisotopic (exact) mass is 661 g/mol. The van der Waals surface area contributed by atoms with Crippen LogP contribution in [0.2, 0.25) is 0 Å². The summed E-state index contributed by atoms with van der Waals surface area (Å²) in [5.74, 6) is 0. The molecule has 0 unspecified atom stereocenters. The molecule has 4 atom stereocenters. The van der Waals surface area contributed by atoms with Crippen LogP contribution in [0.3, 0.4) is 0 Å². The van der Waals surface area contributed by atoms with Gasteiger partial charge < -0.3 is 9.47 Å². The lowest BCUT2D eigenvalue weighted by Gasteiger charge is -2.59. The highest BCUT2D eigenvalue weighted by molar-refractivity contribution is 5.16. The van der Waals surface area contributed by atoms with Gasteiger partial charge in [-0.25, -0.2) is 0 Å². The first-order valence-corrected chi connectivity index (χ1v) is 19.3. The summed E-state index contributed by atoms with van der Waals surface area (Å²) in [6.45, 7) is 46.4. The number of piperazine rings is 3. The zero-order valence-electron chi connectivity index (χ0n) is 33.4. The van der Waals surface area contributed by atoms with Gasteiger partial charge in [0.05, 0.1) is 24.4 Å². The van der Waals surface area contributed by atoms with Crippen molar-refractivity contribution in [3.05, 3.63) is 0 Å². The first kappa shape index (κ1) is 37.9. The van der Waals surface area contributed by atoms with Gasteiger partial charge in [0.15, 0.2) is 0 Å². The average Bonchev–Trinajstić information content (AvgIpc) is 3.73. The van der Waals surface area contributed by atoms with Crippen molar-refractivity contribution in [3.63, 3.8) is 0 Å². The zero-order valence-corrected chi connectivity index (χ0v) is 33.4. The number of ether oxygens (including phenoxy) is 2. The van der Waals surface area contributed by atoms with Gasteiger partial charge in [-0.2, -0.15) is 0 Å². The molecule has 0 N–H and O–H groups in total.